The summed E-state index contributed by atoms with van der Waals surface area (Å²) in [7, 11) is 0. The molecular weight excluding hydrogens is 294 g/mol. The molecule has 1 aliphatic heterocycles. The van der Waals surface area contributed by atoms with Gasteiger partial charge in [-0.05, 0) is 45.2 Å². The second kappa shape index (κ2) is 6.47. The van der Waals surface area contributed by atoms with Crippen LogP contribution in [0.4, 0.5) is 4.79 Å². The number of ether oxygens (including phenoxy) is 2. The molecule has 0 aliphatic carbocycles. The van der Waals surface area contributed by atoms with Crippen LogP contribution in [0.25, 0.3) is 0 Å². The molecule has 0 radical (unpaired) electrons. The maximum atomic E-state index is 12.1. The molecule has 6 nitrogen and oxygen atoms in total. The summed E-state index contributed by atoms with van der Waals surface area (Å²) < 4.78 is 11.1. The largest absolute Gasteiger partial charge is 0.472 e. The number of hydrogen-bond acceptors (Lipinski definition) is 5. The molecule has 1 aliphatic rings. The average Bonchev–Trinajstić information content (AvgIpc) is 2.37. The fourth-order valence-corrected chi connectivity index (χ4v) is 2.22. The van der Waals surface area contributed by atoms with Crippen molar-refractivity contribution in [3.63, 3.8) is 0 Å². The minimum absolute atomic E-state index is 0.114. The average molecular weight is 314 g/mol. The van der Waals surface area contributed by atoms with Gasteiger partial charge < -0.3 is 14.4 Å². The number of carbonyl (C=O) groups is 1. The van der Waals surface area contributed by atoms with Crippen LogP contribution in [0.3, 0.4) is 0 Å². The third-order valence-electron chi connectivity index (χ3n) is 2.92. The van der Waals surface area contributed by atoms with Crippen molar-refractivity contribution in [1.29, 1.82) is 0 Å². The van der Waals surface area contributed by atoms with Crippen LogP contribution in [0, 0.1) is 0 Å². The van der Waals surface area contributed by atoms with Crippen LogP contribution >= 0.6 is 11.6 Å². The van der Waals surface area contributed by atoms with Gasteiger partial charge in [0.2, 0.25) is 11.2 Å². The van der Waals surface area contributed by atoms with E-state index in [1.807, 2.05) is 20.8 Å². The summed E-state index contributed by atoms with van der Waals surface area (Å²) in [5.74, 6) is 0.422. The Labute approximate surface area is 129 Å². The van der Waals surface area contributed by atoms with Crippen molar-refractivity contribution >= 4 is 17.7 Å². The van der Waals surface area contributed by atoms with Crippen LogP contribution in [-0.4, -0.2) is 45.8 Å². The second-order valence-corrected chi connectivity index (χ2v) is 6.31. The standard InChI is InChI=1S/C14H20ClN3O3/c1-14(2,3)21-13(19)18-8-4-5-10(9-18)20-11-6-7-16-12(15)17-11/h6-7,10H,4-5,8-9H2,1-3H3/t10-/m1/s1. The highest BCUT2D eigenvalue weighted by Gasteiger charge is 2.28. The highest BCUT2D eigenvalue weighted by molar-refractivity contribution is 6.28. The second-order valence-electron chi connectivity index (χ2n) is 5.97. The number of carbonyl (C=O) groups excluding carboxylic acids is 1. The van der Waals surface area contributed by atoms with Crippen molar-refractivity contribution in [3.8, 4) is 5.88 Å². The first kappa shape index (κ1) is 15.8. The summed E-state index contributed by atoms with van der Waals surface area (Å²) in [6.07, 6.45) is 2.84. The summed E-state index contributed by atoms with van der Waals surface area (Å²) in [5, 5.41) is 0.146. The predicted octanol–water partition coefficient (Wildman–Crippen LogP) is 2.91. The van der Waals surface area contributed by atoms with E-state index in [-0.39, 0.29) is 17.5 Å². The van der Waals surface area contributed by atoms with Gasteiger partial charge in [-0.25, -0.2) is 9.78 Å². The monoisotopic (exact) mass is 313 g/mol. The number of rotatable bonds is 2. The summed E-state index contributed by atoms with van der Waals surface area (Å²) in [6, 6.07) is 1.65. The van der Waals surface area contributed by atoms with E-state index < -0.39 is 5.60 Å². The Bertz CT molecular complexity index is 504. The van der Waals surface area contributed by atoms with Crippen molar-refractivity contribution in [3.05, 3.63) is 17.5 Å². The molecule has 2 heterocycles. The summed E-state index contributed by atoms with van der Waals surface area (Å²) in [6.45, 7) is 6.72. The Hall–Kier alpha value is -1.56. The van der Waals surface area contributed by atoms with E-state index in [1.165, 1.54) is 0 Å². The van der Waals surface area contributed by atoms with E-state index in [4.69, 9.17) is 21.1 Å². The van der Waals surface area contributed by atoms with Crippen molar-refractivity contribution in [2.45, 2.75) is 45.3 Å². The summed E-state index contributed by atoms with van der Waals surface area (Å²) in [4.78, 5) is 21.5. The minimum Gasteiger partial charge on any atom is -0.472 e. The van der Waals surface area contributed by atoms with Crippen LogP contribution in [0.1, 0.15) is 33.6 Å². The Morgan fingerprint density at radius 2 is 2.24 bits per heavy atom. The molecule has 0 bridgehead atoms. The number of hydrogen-bond donors (Lipinski definition) is 0. The first-order chi connectivity index (χ1) is 9.83. The zero-order valence-electron chi connectivity index (χ0n) is 12.5. The van der Waals surface area contributed by atoms with Gasteiger partial charge in [0.15, 0.2) is 0 Å². The van der Waals surface area contributed by atoms with Crippen LogP contribution in [0.5, 0.6) is 5.88 Å². The molecule has 0 spiro atoms. The fraction of sp³-hybridized carbons (Fsp3) is 0.643. The molecule has 0 saturated carbocycles. The lowest BCUT2D eigenvalue weighted by atomic mass is 10.1. The zero-order valence-corrected chi connectivity index (χ0v) is 13.3. The highest BCUT2D eigenvalue weighted by Crippen LogP contribution is 2.19. The lowest BCUT2D eigenvalue weighted by Gasteiger charge is -2.33. The lowest BCUT2D eigenvalue weighted by Crippen LogP contribution is -2.46. The number of likely N-dealkylation sites (tertiary alicyclic amines) is 1. The van der Waals surface area contributed by atoms with Crippen LogP contribution in [0.15, 0.2) is 12.3 Å². The van der Waals surface area contributed by atoms with Crippen molar-refractivity contribution in [2.75, 3.05) is 13.1 Å². The van der Waals surface area contributed by atoms with Crippen molar-refractivity contribution in [1.82, 2.24) is 14.9 Å². The molecule has 1 atom stereocenters. The van der Waals surface area contributed by atoms with Gasteiger partial charge in [-0.2, -0.15) is 4.98 Å². The van der Waals surface area contributed by atoms with Gasteiger partial charge in [0.05, 0.1) is 6.54 Å². The molecule has 2 rings (SSSR count). The van der Waals surface area contributed by atoms with E-state index in [9.17, 15) is 4.79 Å². The molecule has 1 saturated heterocycles. The number of amides is 1. The molecule has 0 aromatic carbocycles. The van der Waals surface area contributed by atoms with Gasteiger partial charge in [-0.3, -0.25) is 0 Å². The molecule has 116 valence electrons. The SMILES string of the molecule is CC(C)(C)OC(=O)N1CCC[C@@H](Oc2ccnc(Cl)n2)C1. The van der Waals surface area contributed by atoms with Crippen LogP contribution < -0.4 is 4.74 Å². The quantitative estimate of drug-likeness (QED) is 0.785. The maximum absolute atomic E-state index is 12.1. The molecule has 0 unspecified atom stereocenters. The summed E-state index contributed by atoms with van der Waals surface area (Å²) >= 11 is 5.73. The molecule has 1 aromatic heterocycles. The topological polar surface area (TPSA) is 64.5 Å². The van der Waals surface area contributed by atoms with E-state index in [0.717, 1.165) is 12.8 Å². The van der Waals surface area contributed by atoms with Crippen molar-refractivity contribution in [2.24, 2.45) is 0 Å². The lowest BCUT2D eigenvalue weighted by molar-refractivity contribution is 0.00720. The van der Waals surface area contributed by atoms with Gasteiger partial charge >= 0.3 is 6.09 Å². The number of halogens is 1. The van der Waals surface area contributed by atoms with Gasteiger partial charge in [0, 0.05) is 18.8 Å². The number of aromatic nitrogens is 2. The molecule has 1 aromatic rings. The molecule has 21 heavy (non-hydrogen) atoms. The molecule has 1 fully saturated rings. The molecular formula is C14H20ClN3O3. The molecule has 0 N–H and O–H groups in total. The third kappa shape index (κ3) is 5.04. The Morgan fingerprint density at radius 3 is 2.90 bits per heavy atom. The number of piperidine rings is 1. The Morgan fingerprint density at radius 1 is 1.48 bits per heavy atom. The predicted molar refractivity (Wildman–Crippen MR) is 78.5 cm³/mol. The van der Waals surface area contributed by atoms with E-state index in [0.29, 0.717) is 19.0 Å². The first-order valence-corrected chi connectivity index (χ1v) is 7.34. The smallest absolute Gasteiger partial charge is 0.410 e. The van der Waals surface area contributed by atoms with E-state index in [2.05, 4.69) is 9.97 Å². The molecule has 7 heteroatoms. The van der Waals surface area contributed by atoms with E-state index >= 15 is 0 Å². The van der Waals surface area contributed by atoms with Crippen LogP contribution in [-0.2, 0) is 4.74 Å². The van der Waals surface area contributed by atoms with Gasteiger partial charge in [0.25, 0.3) is 0 Å². The highest BCUT2D eigenvalue weighted by atomic mass is 35.5. The fourth-order valence-electron chi connectivity index (χ4n) is 2.08. The maximum Gasteiger partial charge on any atom is 0.410 e. The minimum atomic E-state index is -0.495. The number of nitrogens with zero attached hydrogens (tertiary/aromatic N) is 3. The third-order valence-corrected chi connectivity index (χ3v) is 3.10. The van der Waals surface area contributed by atoms with Crippen LogP contribution in [0.2, 0.25) is 5.28 Å². The Balaban J connectivity index is 1.93. The zero-order chi connectivity index (χ0) is 15.5. The first-order valence-electron chi connectivity index (χ1n) is 6.96. The van der Waals surface area contributed by atoms with Gasteiger partial charge in [0.1, 0.15) is 11.7 Å². The molecule has 1 amide bonds. The van der Waals surface area contributed by atoms with Gasteiger partial charge in [-0.15, -0.1) is 0 Å². The van der Waals surface area contributed by atoms with Crippen molar-refractivity contribution < 1.29 is 14.3 Å². The Kier molecular flexibility index (Phi) is 4.88. The van der Waals surface area contributed by atoms with Gasteiger partial charge in [-0.1, -0.05) is 0 Å². The summed E-state index contributed by atoms with van der Waals surface area (Å²) in [5.41, 5.74) is -0.495. The van der Waals surface area contributed by atoms with E-state index in [1.54, 1.807) is 17.2 Å². The normalized spacial score (nSPS) is 19.2.